The highest BCUT2D eigenvalue weighted by Crippen LogP contribution is 2.52. The van der Waals surface area contributed by atoms with Gasteiger partial charge in [0.15, 0.2) is 0 Å². The number of rotatable bonds is 13. The van der Waals surface area contributed by atoms with Crippen LogP contribution in [0, 0.1) is 29.1 Å². The number of hydrazine groups is 1. The van der Waals surface area contributed by atoms with Crippen molar-refractivity contribution in [3.05, 3.63) is 53.9 Å². The Kier molecular flexibility index (Phi) is 14.5. The smallest absolute Gasteiger partial charge is 0.328 e. The Labute approximate surface area is 471 Å². The summed E-state index contributed by atoms with van der Waals surface area (Å²) >= 11 is 0. The van der Waals surface area contributed by atoms with Gasteiger partial charge in [-0.3, -0.25) is 29.4 Å². The summed E-state index contributed by atoms with van der Waals surface area (Å²) in [4.78, 5) is 63.0. The van der Waals surface area contributed by atoms with E-state index in [-0.39, 0.29) is 72.0 Å². The van der Waals surface area contributed by atoms with E-state index < -0.39 is 23.0 Å². The fraction of sp³-hybridized carbons (Fsp3) is 0.694. The van der Waals surface area contributed by atoms with Crippen molar-refractivity contribution in [2.24, 2.45) is 29.1 Å². The number of nitrogens with one attached hydrogen (secondary N) is 2. The summed E-state index contributed by atoms with van der Waals surface area (Å²) in [6.45, 7) is 21.1. The zero-order valence-electron chi connectivity index (χ0n) is 48.3. The van der Waals surface area contributed by atoms with Crippen molar-refractivity contribution in [3.63, 3.8) is 0 Å². The molecule has 2 N–H and O–H groups in total. The van der Waals surface area contributed by atoms with E-state index in [9.17, 15) is 9.59 Å². The van der Waals surface area contributed by atoms with Crippen molar-refractivity contribution in [1.29, 1.82) is 0 Å². The highest BCUT2D eigenvalue weighted by atomic mass is 16.5. The van der Waals surface area contributed by atoms with Gasteiger partial charge in [0.1, 0.15) is 29.6 Å². The summed E-state index contributed by atoms with van der Waals surface area (Å²) in [5.74, 6) is -0.444. The van der Waals surface area contributed by atoms with Gasteiger partial charge in [-0.1, -0.05) is 26.8 Å². The fourth-order valence-corrected chi connectivity index (χ4v) is 15.1. The number of aromatic nitrogens is 3. The number of oxazole rings is 1. The minimum absolute atomic E-state index is 0.0386. The molecule has 14 rings (SSSR count). The van der Waals surface area contributed by atoms with Crippen LogP contribution in [0.2, 0.25) is 0 Å². The highest BCUT2D eigenvalue weighted by molar-refractivity contribution is 5.96. The van der Waals surface area contributed by atoms with Gasteiger partial charge in [-0.05, 0) is 134 Å². The first kappa shape index (κ1) is 54.3. The van der Waals surface area contributed by atoms with Gasteiger partial charge in [-0.15, -0.1) is 0 Å². The van der Waals surface area contributed by atoms with Gasteiger partial charge in [0.05, 0.1) is 60.4 Å². The summed E-state index contributed by atoms with van der Waals surface area (Å²) < 4.78 is 40.8. The third-order valence-corrected chi connectivity index (χ3v) is 19.7. The number of fused-ring (bicyclic) bond motifs is 4. The van der Waals surface area contributed by atoms with Crippen LogP contribution in [-0.4, -0.2) is 162 Å². The Morgan fingerprint density at radius 1 is 0.950 bits per heavy atom. The third-order valence-electron chi connectivity index (χ3n) is 19.7. The molecule has 1 spiro atoms. The molecule has 18 heteroatoms. The lowest BCUT2D eigenvalue weighted by atomic mass is 9.66. The molecule has 0 radical (unpaired) electrons. The molecule has 3 saturated carbocycles. The monoisotopic (exact) mass is 1100 g/mol. The van der Waals surface area contributed by atoms with Crippen molar-refractivity contribution < 1.29 is 42.5 Å². The van der Waals surface area contributed by atoms with Gasteiger partial charge in [0.25, 0.3) is 5.91 Å². The van der Waals surface area contributed by atoms with E-state index in [1.807, 2.05) is 6.20 Å². The van der Waals surface area contributed by atoms with Crippen LogP contribution in [0.5, 0.6) is 0 Å². The number of ether oxygens (including phenoxy) is 5. The third kappa shape index (κ3) is 10.4. The maximum absolute atomic E-state index is 15.5. The van der Waals surface area contributed by atoms with E-state index in [4.69, 9.17) is 38.1 Å². The number of hydrogen-bond acceptors (Lipinski definition) is 15. The molecule has 432 valence electrons. The number of hydrogen-bond donors (Lipinski definition) is 2. The number of nitrogens with zero attached hydrogens (tertiary/aromatic N) is 7. The van der Waals surface area contributed by atoms with Crippen LogP contribution < -0.4 is 15.6 Å². The first-order chi connectivity index (χ1) is 38.6. The molecule has 3 aliphatic carbocycles. The normalized spacial score (nSPS) is 32.1. The van der Waals surface area contributed by atoms with Crippen LogP contribution in [0.4, 0.5) is 5.69 Å². The summed E-state index contributed by atoms with van der Waals surface area (Å²) in [5.41, 5.74) is 9.11. The zero-order chi connectivity index (χ0) is 55.2. The largest absolute Gasteiger partial charge is 0.464 e. The number of pyridine rings is 1. The predicted octanol–water partition coefficient (Wildman–Crippen LogP) is 7.63. The summed E-state index contributed by atoms with van der Waals surface area (Å²) in [5, 5.41) is 5.96. The standard InChI is InChI=1S/C62H85N9O9/c1-37-50(49-11-10-24-77-49)51(37)56(72)65-53-55(69-17-8-9-18-69)57-64-47(35-78-57)40-12-15-48-44(27-40)46(32-60(3,4)36-79-59(74)62-29-39(30-62)34-71(66-62)58(53)73)54(70(48)23-26-76-43-16-25-80-61(5,6)31-43)45-28-42(33-63-52(45)38(2)75-7)68-21-19-67(20-22-68)41-13-14-41/h12,15,27-28,33,35,37-39,41,43,49-51,53,55,66H,8-11,13-14,16-26,29-32,34,36H2,1-7H3,(H,65,72)/t37-,38-,39?,43-,49+,50-,51+,53-,55-,62?/m0/s1. The second-order valence-electron chi connectivity index (χ2n) is 26.7. The lowest BCUT2D eigenvalue weighted by Gasteiger charge is -2.55. The molecule has 2 amide bonds. The molecule has 4 aromatic rings. The van der Waals surface area contributed by atoms with Gasteiger partial charge in [-0.25, -0.2) is 15.2 Å². The topological polar surface area (TPSA) is 178 Å². The number of methoxy groups -OCH3 is 1. The van der Waals surface area contributed by atoms with E-state index >= 15 is 4.79 Å². The Hall–Kier alpha value is -4.95. The number of likely N-dealkylation sites (tertiary alicyclic amines) is 1. The lowest BCUT2D eigenvalue weighted by Crippen LogP contribution is -2.75. The van der Waals surface area contributed by atoms with Crippen molar-refractivity contribution >= 4 is 34.4 Å². The molecule has 18 nitrogen and oxygen atoms in total. The van der Waals surface area contributed by atoms with Crippen LogP contribution >= 0.6 is 0 Å². The number of carbonyl (C=O) groups is 3. The molecule has 10 aliphatic rings. The molecule has 1 aromatic carbocycles. The summed E-state index contributed by atoms with van der Waals surface area (Å²) in [7, 11) is 1.75. The molecule has 6 saturated heterocycles. The number of carbonyl (C=O) groups excluding carboxylic acids is 3. The Bertz CT molecular complexity index is 2960. The molecular weight excluding hydrogens is 1010 g/mol. The predicted molar refractivity (Wildman–Crippen MR) is 301 cm³/mol. The molecule has 0 unspecified atom stereocenters. The molecular formula is C62H85N9O9. The second kappa shape index (κ2) is 21.3. The summed E-state index contributed by atoms with van der Waals surface area (Å²) in [6, 6.07) is 7.83. The molecule has 3 aromatic heterocycles. The maximum atomic E-state index is 15.5. The van der Waals surface area contributed by atoms with Crippen molar-refractivity contribution in [2.45, 2.75) is 166 Å². The molecule has 7 bridgehead atoms. The second-order valence-corrected chi connectivity index (χ2v) is 26.7. The lowest BCUT2D eigenvalue weighted by molar-refractivity contribution is -0.180. The molecule has 8 atom stereocenters. The van der Waals surface area contributed by atoms with Gasteiger partial charge >= 0.3 is 5.97 Å². The minimum atomic E-state index is -1.08. The van der Waals surface area contributed by atoms with Crippen LogP contribution in [0.3, 0.4) is 0 Å². The quantitative estimate of drug-likeness (QED) is 0.125. The van der Waals surface area contributed by atoms with E-state index in [0.717, 1.165) is 115 Å². The van der Waals surface area contributed by atoms with Crippen LogP contribution in [0.1, 0.15) is 135 Å². The first-order valence-corrected chi connectivity index (χ1v) is 30.4. The maximum Gasteiger partial charge on any atom is 0.328 e. The number of cyclic esters (lactones) is 1. The molecule has 80 heavy (non-hydrogen) atoms. The number of anilines is 1. The Morgan fingerprint density at radius 3 is 2.49 bits per heavy atom. The van der Waals surface area contributed by atoms with E-state index in [2.05, 4.69) is 95.8 Å². The number of piperazine rings is 1. The number of esters is 1. The van der Waals surface area contributed by atoms with Crippen LogP contribution in [0.25, 0.3) is 33.4 Å². The Morgan fingerprint density at radius 2 is 1.75 bits per heavy atom. The average molecular weight is 1100 g/mol. The minimum Gasteiger partial charge on any atom is -0.464 e. The average Bonchev–Trinajstić information content (AvgIpc) is 4.06. The van der Waals surface area contributed by atoms with E-state index in [0.29, 0.717) is 76.8 Å². The molecule has 7 aliphatic heterocycles. The van der Waals surface area contributed by atoms with Crippen molar-refractivity contribution in [2.75, 3.05) is 84.3 Å². The molecule has 9 fully saturated rings. The van der Waals surface area contributed by atoms with Gasteiger partial charge in [0.2, 0.25) is 11.8 Å². The van der Waals surface area contributed by atoms with Crippen LogP contribution in [-0.2, 0) is 51.0 Å². The van der Waals surface area contributed by atoms with Gasteiger partial charge in [0, 0.05) is 111 Å². The first-order valence-electron chi connectivity index (χ1n) is 30.4. The zero-order valence-corrected chi connectivity index (χ0v) is 48.3. The van der Waals surface area contributed by atoms with E-state index in [1.165, 1.54) is 12.8 Å². The molecule has 10 heterocycles. The number of amides is 2. The highest BCUT2D eigenvalue weighted by Gasteiger charge is 2.60. The Balaban J connectivity index is 0.943. The number of benzene rings is 1. The van der Waals surface area contributed by atoms with Gasteiger partial charge in [-0.2, -0.15) is 0 Å². The van der Waals surface area contributed by atoms with Gasteiger partial charge < -0.3 is 42.9 Å². The van der Waals surface area contributed by atoms with E-state index in [1.54, 1.807) is 18.4 Å². The fourth-order valence-electron chi connectivity index (χ4n) is 15.1. The SMILES string of the molecule is CO[C@@H](C)c1ncc(N2CCN(C3CC3)CC2)cc1-c1c2c3cc(ccc3n1CCO[C@H]1CCOC(C)(C)C1)-c1coc(n1)[C@@H](N1CCCC1)[C@H](NC(=O)[C@@H]1[C@@H](C)[C@H]1[C@H]1CCCO1)C(=O)N1CC3CC(C3)(N1)C(=O)OCC(C)(C)C2. The van der Waals surface area contributed by atoms with Crippen LogP contribution in [0.15, 0.2) is 41.1 Å². The van der Waals surface area contributed by atoms with Crippen molar-refractivity contribution in [1.82, 2.24) is 40.1 Å². The van der Waals surface area contributed by atoms with Crippen molar-refractivity contribution in [3.8, 4) is 22.5 Å². The summed E-state index contributed by atoms with van der Waals surface area (Å²) in [6.07, 6.45) is 13.2.